The van der Waals surface area contributed by atoms with E-state index in [2.05, 4.69) is 37.2 Å². The highest BCUT2D eigenvalue weighted by atomic mass is 16.6. The minimum absolute atomic E-state index is 0.000347. The van der Waals surface area contributed by atoms with Crippen LogP contribution < -0.4 is 47.7 Å². The number of ketones is 2. The Hall–Kier alpha value is -12.6. The van der Waals surface area contributed by atoms with Gasteiger partial charge in [0.1, 0.15) is 66.8 Å². The zero-order valence-corrected chi connectivity index (χ0v) is 88.7. The van der Waals surface area contributed by atoms with Gasteiger partial charge in [0.2, 0.25) is 35.4 Å². The zero-order chi connectivity index (χ0) is 109. The predicted octanol–water partition coefficient (Wildman–Crippen LogP) is 8.40. The van der Waals surface area contributed by atoms with Crippen LogP contribution in [0.25, 0.3) is 0 Å². The van der Waals surface area contributed by atoms with Crippen LogP contribution in [0.2, 0.25) is 0 Å². The maximum atomic E-state index is 14.8. The Kier molecular flexibility index (Phi) is 59.1. The number of ether oxygens (including phenoxy) is 13. The molecule has 3 aromatic carbocycles. The van der Waals surface area contributed by atoms with E-state index in [4.69, 9.17) is 67.3 Å². The van der Waals surface area contributed by atoms with Gasteiger partial charge in [-0.3, -0.25) is 63.0 Å². The normalized spacial score (nSPS) is 18.6. The number of likely N-dealkylation sites (N-methyl/N-ethyl adjacent to an activating group) is 4. The van der Waals surface area contributed by atoms with E-state index in [0.29, 0.717) is 152 Å². The molecule has 0 fully saturated rings. The second-order valence-electron chi connectivity index (χ2n) is 37.2. The summed E-state index contributed by atoms with van der Waals surface area (Å²) < 4.78 is 72.9. The van der Waals surface area contributed by atoms with Gasteiger partial charge in [-0.1, -0.05) is 103 Å². The Bertz CT molecular complexity index is 4810. The van der Waals surface area contributed by atoms with Gasteiger partial charge < -0.3 is 119 Å². The highest BCUT2D eigenvalue weighted by Gasteiger charge is 2.38. The van der Waals surface area contributed by atoms with Gasteiger partial charge in [0, 0.05) is 128 Å². The summed E-state index contributed by atoms with van der Waals surface area (Å²) in [7, 11) is 5.65. The van der Waals surface area contributed by atoms with Crippen molar-refractivity contribution >= 4 is 112 Å². The molecule has 822 valence electrons. The lowest BCUT2D eigenvalue weighted by molar-refractivity contribution is -0.154. The number of carbonyl (C=O) groups excluding carboxylic acids is 17. The number of Topliss-reactive ketones (excluding diaryl/α,β-unsaturated/α-hetero) is 2. The van der Waals surface area contributed by atoms with Crippen LogP contribution >= 0.6 is 0 Å². The molecule has 9 N–H and O–H groups in total. The number of benzene rings is 3. The van der Waals surface area contributed by atoms with Crippen molar-refractivity contribution in [2.75, 3.05) is 177 Å². The smallest absolute Gasteiger partial charge is 0.415 e. The molecular formula is C105H157N13O30. The molecule has 2 aliphatic heterocycles. The first-order valence-corrected chi connectivity index (χ1v) is 50.6. The van der Waals surface area contributed by atoms with Crippen LogP contribution in [0, 0.1) is 29.6 Å². The number of nitrogens with zero attached hydrogens (tertiary/aromatic N) is 5. The Labute approximate surface area is 867 Å². The number of urea groups is 1. The van der Waals surface area contributed by atoms with Crippen molar-refractivity contribution in [2.45, 2.75) is 222 Å². The monoisotopic (exact) mass is 2080 g/mol. The lowest BCUT2D eigenvalue weighted by atomic mass is 9.88. The third-order valence-electron chi connectivity index (χ3n) is 24.3. The van der Waals surface area contributed by atoms with E-state index >= 15 is 0 Å². The summed E-state index contributed by atoms with van der Waals surface area (Å²) in [5.74, 6) is -8.93. The first-order valence-electron chi connectivity index (χ1n) is 50.6. The van der Waals surface area contributed by atoms with E-state index in [1.165, 1.54) is 76.1 Å². The van der Waals surface area contributed by atoms with Crippen molar-refractivity contribution in [1.82, 2.24) is 51.1 Å². The van der Waals surface area contributed by atoms with Crippen molar-refractivity contribution in [2.24, 2.45) is 35.3 Å². The molecule has 0 aromatic heterocycles. The second-order valence-corrected chi connectivity index (χ2v) is 37.2. The van der Waals surface area contributed by atoms with Gasteiger partial charge in [-0.15, -0.1) is 0 Å². The van der Waals surface area contributed by atoms with Crippen LogP contribution in [0.3, 0.4) is 0 Å². The molecule has 5 rings (SSSR count). The highest BCUT2D eigenvalue weighted by Crippen LogP contribution is 2.27. The van der Waals surface area contributed by atoms with Crippen LogP contribution in [-0.4, -0.2) is 335 Å². The quantitative estimate of drug-likeness (QED) is 0.00864. The number of cyclic esters (lactones) is 2. The number of esters is 2. The molecule has 0 saturated carbocycles. The number of hydrogen-bond acceptors (Lipinski definition) is 30. The number of hydrogen-bond donors (Lipinski definition) is 8. The number of unbranched alkanes of at least 4 members (excludes halogenated alkanes) is 1. The van der Waals surface area contributed by atoms with Crippen LogP contribution in [0.5, 0.6) is 5.75 Å². The lowest BCUT2D eigenvalue weighted by Crippen LogP contribution is -2.57. The highest BCUT2D eigenvalue weighted by molar-refractivity contribution is 6.13. The number of nitrogens with two attached hydrogens (primary N) is 1. The first-order chi connectivity index (χ1) is 70.6. The van der Waals surface area contributed by atoms with Crippen LogP contribution in [0.4, 0.5) is 30.6 Å². The average Bonchev–Trinajstić information content (AvgIpc) is 0.971. The maximum Gasteiger partial charge on any atom is 0.415 e. The fourth-order valence-corrected chi connectivity index (χ4v) is 14.9. The van der Waals surface area contributed by atoms with E-state index in [-0.39, 0.29) is 157 Å². The van der Waals surface area contributed by atoms with Crippen molar-refractivity contribution < 1.29 is 143 Å². The third-order valence-corrected chi connectivity index (χ3v) is 24.3. The largest absolute Gasteiger partial charge is 0.456 e. The van der Waals surface area contributed by atoms with Gasteiger partial charge in [0.05, 0.1) is 106 Å². The molecule has 148 heavy (non-hydrogen) atoms. The van der Waals surface area contributed by atoms with Gasteiger partial charge in [-0.2, -0.15) is 0 Å². The minimum Gasteiger partial charge on any atom is -0.456 e. The predicted molar refractivity (Wildman–Crippen MR) is 546 cm³/mol. The van der Waals surface area contributed by atoms with Crippen molar-refractivity contribution in [3.8, 4) is 5.75 Å². The van der Waals surface area contributed by atoms with Crippen LogP contribution in [0.1, 0.15) is 177 Å². The molecule has 10 atom stereocenters. The van der Waals surface area contributed by atoms with Gasteiger partial charge in [-0.05, 0) is 162 Å². The minimum atomic E-state index is -1.34. The Balaban J connectivity index is 0.994. The van der Waals surface area contributed by atoms with E-state index in [9.17, 15) is 81.5 Å². The van der Waals surface area contributed by atoms with Gasteiger partial charge in [-0.25, -0.2) is 28.8 Å². The number of amides is 14. The summed E-state index contributed by atoms with van der Waals surface area (Å²) in [5.41, 5.74) is 8.57. The number of carbonyl (C=O) groups is 17. The number of nitrogens with one attached hydrogen (secondary N) is 7. The molecule has 0 bridgehead atoms. The molecule has 0 radical (unpaired) electrons. The molecular weight excluding hydrogens is 1920 g/mol. The number of allylic oxidation sites excluding steroid dienone is 2. The fourth-order valence-electron chi connectivity index (χ4n) is 14.9. The third kappa shape index (κ3) is 49.0. The number of anilines is 2. The summed E-state index contributed by atoms with van der Waals surface area (Å²) in [4.78, 5) is 232. The molecule has 2 heterocycles. The number of imide groups is 1. The molecule has 1 unspecified atom stereocenters. The standard InChI is InChI=1S/C105H157N13O30/c1-17-71(7)92-97(127)109-76(12)101(131)148-93(72(8)18-2)73(9)23-21-24-74(10)100(130)147-88(63-69(3)4)96(126)108-75(11)98(128)117(16)87(99(129)116(15)66-89(121)113-92)64-77-31-37-84(38-32-77)146-105(135)115(14)46-45-114(13)104(134)145-68-79-29-35-81(36-30-79)111-103(133)144-67-78-27-33-80(34-28-78)110-95(125)86(26-22-43-107-102(106)132)112-94(124)85(70(5)6)65-83(120)42-48-137-50-52-139-54-56-141-58-60-143-62-61-142-59-57-140-55-53-138-51-49-136-47-20-19-25-82(119)41-44-118-90(122)39-40-91(118)123/h18,24,27-40,69-71,73,75-76,85-88,92-93H,17,19-23,25-26,41-68H2,1-16H3,(H,108,126)(H,109,127)(H,110,125)(H,111,133)(H,112,124)(H,113,121)(H3,106,107,132)/b72-18+,74-24+/t71?,73-,75-,76+,85-,86-,87+,88+,92-,93+/m0/s1. The van der Waals surface area contributed by atoms with E-state index in [1.807, 2.05) is 47.6 Å². The molecule has 14 amide bonds. The summed E-state index contributed by atoms with van der Waals surface area (Å²) in [5, 5.41) is 18.9. The SMILES string of the molecule is C/C=C(\C)[C@H]1OC(=O)[C@@H](C)NC(=O)[C@H](C(C)CC)NC(=O)CN(C)C(=O)[C@@H](Cc2ccc(OC(=O)N(C)CCN(C)C(=O)OCc3ccc(NC(=O)OCc4ccc(NC(=O)[C@H](CCCNC(N)=O)NC(=O)[C@@H](CC(=O)CCOCCOCCOCCOCCOCCOCCOCCOCCCCC(=O)CCN5C(=O)C=CC5=O)C(C)C)cc4)cc3)cc2)N(C)C(=O)[C@H](C)NC(=O)[C@@H](CC(C)C)OC(=O)/C(C)=C/CC[C@@H]1C. The molecule has 43 nitrogen and oxygen atoms in total. The van der Waals surface area contributed by atoms with Crippen molar-refractivity contribution in [3.63, 3.8) is 0 Å². The average molecular weight is 2080 g/mol. The first kappa shape index (κ1) is 126. The molecule has 0 aliphatic carbocycles. The van der Waals surface area contributed by atoms with E-state index < -0.39 is 138 Å². The van der Waals surface area contributed by atoms with Crippen molar-refractivity contribution in [1.29, 1.82) is 0 Å². The van der Waals surface area contributed by atoms with Crippen LogP contribution in [-0.2, 0) is 139 Å². The molecule has 0 saturated heterocycles. The van der Waals surface area contributed by atoms with Crippen molar-refractivity contribution in [3.05, 3.63) is 125 Å². The molecule has 0 spiro atoms. The lowest BCUT2D eigenvalue weighted by Gasteiger charge is -2.33. The summed E-state index contributed by atoms with van der Waals surface area (Å²) >= 11 is 0. The Morgan fingerprint density at radius 3 is 1.64 bits per heavy atom. The second kappa shape index (κ2) is 69.5. The fraction of sp³-hybridized carbons (Fsp3) is 0.610. The summed E-state index contributed by atoms with van der Waals surface area (Å²) in [6.45, 7) is 25.9. The van der Waals surface area contributed by atoms with E-state index in [1.54, 1.807) is 94.4 Å². The number of primary amides is 1. The molecule has 3 aromatic rings. The molecule has 2 aliphatic rings. The van der Waals surface area contributed by atoms with E-state index in [0.717, 1.165) is 20.3 Å². The topological polar surface area (TPSA) is 537 Å². The van der Waals surface area contributed by atoms with Gasteiger partial charge in [0.25, 0.3) is 17.7 Å². The van der Waals surface area contributed by atoms with Gasteiger partial charge >= 0.3 is 36.2 Å². The number of rotatable bonds is 59. The zero-order valence-electron chi connectivity index (χ0n) is 88.7. The maximum absolute atomic E-state index is 14.8. The Morgan fingerprint density at radius 2 is 1.10 bits per heavy atom. The Morgan fingerprint density at radius 1 is 0.581 bits per heavy atom. The van der Waals surface area contributed by atoms with Crippen LogP contribution in [0.15, 0.2) is 108 Å². The molecule has 43 heteroatoms. The van der Waals surface area contributed by atoms with Gasteiger partial charge in [0.15, 0.2) is 6.10 Å². The summed E-state index contributed by atoms with van der Waals surface area (Å²) in [6, 6.07) is 12.2. The summed E-state index contributed by atoms with van der Waals surface area (Å²) in [6.07, 6.45) is 5.00.